The van der Waals surface area contributed by atoms with Crippen LogP contribution in [0.5, 0.6) is 0 Å². The van der Waals surface area contributed by atoms with E-state index in [-0.39, 0.29) is 0 Å². The third-order valence-corrected chi connectivity index (χ3v) is 6.35. The summed E-state index contributed by atoms with van der Waals surface area (Å²) in [5.41, 5.74) is 10.0. The first kappa shape index (κ1) is 24.1. The van der Waals surface area contributed by atoms with E-state index >= 15 is 0 Å². The van der Waals surface area contributed by atoms with Gasteiger partial charge in [0.2, 0.25) is 0 Å². The van der Waals surface area contributed by atoms with Crippen molar-refractivity contribution < 1.29 is 0 Å². The Morgan fingerprint density at radius 2 is 1.30 bits per heavy atom. The van der Waals surface area contributed by atoms with Crippen molar-refractivity contribution in [3.05, 3.63) is 150 Å². The average Bonchev–Trinajstić information content (AvgIpc) is 2.97. The van der Waals surface area contributed by atoms with Gasteiger partial charge in [-0.1, -0.05) is 91.0 Å². The van der Waals surface area contributed by atoms with Crippen LogP contribution >= 0.6 is 0 Å². The molecule has 0 N–H and O–H groups in total. The van der Waals surface area contributed by atoms with Crippen LogP contribution in [0.4, 0.5) is 0 Å². The van der Waals surface area contributed by atoms with Crippen LogP contribution in [0.2, 0.25) is 0 Å². The Morgan fingerprint density at radius 3 is 2.05 bits per heavy atom. The van der Waals surface area contributed by atoms with Gasteiger partial charge in [0.1, 0.15) is 5.82 Å². The maximum absolute atomic E-state index is 5.10. The van der Waals surface area contributed by atoms with Crippen molar-refractivity contribution in [2.24, 2.45) is 0 Å². The van der Waals surface area contributed by atoms with Crippen molar-refractivity contribution in [3.63, 3.8) is 0 Å². The Hall–Kier alpha value is -4.63. The average molecular weight is 480 g/mol. The van der Waals surface area contributed by atoms with Gasteiger partial charge in [-0.2, -0.15) is 0 Å². The third-order valence-electron chi connectivity index (χ3n) is 6.35. The minimum Gasteiger partial charge on any atom is -0.248 e. The van der Waals surface area contributed by atoms with E-state index in [4.69, 9.17) is 4.98 Å². The van der Waals surface area contributed by atoms with Gasteiger partial charge in [0.15, 0.2) is 0 Å². The molecule has 180 valence electrons. The highest BCUT2D eigenvalue weighted by atomic mass is 14.8. The van der Waals surface area contributed by atoms with Gasteiger partial charge in [0, 0.05) is 24.4 Å². The molecule has 0 atom stereocenters. The summed E-state index contributed by atoms with van der Waals surface area (Å²) in [6.45, 7) is 4.26. The molecule has 0 aliphatic heterocycles. The maximum atomic E-state index is 5.10. The minimum absolute atomic E-state index is 0.683. The van der Waals surface area contributed by atoms with Crippen LogP contribution in [0.1, 0.15) is 36.5 Å². The van der Waals surface area contributed by atoms with Crippen LogP contribution in [-0.4, -0.2) is 15.0 Å². The van der Waals surface area contributed by atoms with Gasteiger partial charge >= 0.3 is 0 Å². The molecule has 0 radical (unpaired) electrons. The lowest BCUT2D eigenvalue weighted by Gasteiger charge is -2.11. The number of hydrogen-bond donors (Lipinski definition) is 0. The van der Waals surface area contributed by atoms with Gasteiger partial charge in [-0.05, 0) is 71.5 Å². The topological polar surface area (TPSA) is 38.7 Å². The fraction of sp³-hybridized carbons (Fsp3) is 0.0882. The van der Waals surface area contributed by atoms with Gasteiger partial charge in [-0.25, -0.2) is 15.0 Å². The summed E-state index contributed by atoms with van der Waals surface area (Å²) in [5, 5.41) is 0. The second-order valence-electron chi connectivity index (χ2n) is 9.10. The Kier molecular flexibility index (Phi) is 7.42. The summed E-state index contributed by atoms with van der Waals surface area (Å²) in [6.07, 6.45) is 8.58. The molecule has 5 aromatic rings. The maximum Gasteiger partial charge on any atom is 0.132 e. The summed E-state index contributed by atoms with van der Waals surface area (Å²) in [7, 11) is 0. The van der Waals surface area contributed by atoms with Crippen LogP contribution in [0.25, 0.3) is 33.5 Å². The molecule has 0 fully saturated rings. The summed E-state index contributed by atoms with van der Waals surface area (Å²) in [4.78, 5) is 13.9. The largest absolute Gasteiger partial charge is 0.248 e. The summed E-state index contributed by atoms with van der Waals surface area (Å²) in [5.74, 6) is 0.811. The highest BCUT2D eigenvalue weighted by molar-refractivity contribution is 5.77. The van der Waals surface area contributed by atoms with Crippen molar-refractivity contribution in [2.45, 2.75) is 20.3 Å². The third kappa shape index (κ3) is 6.14. The zero-order valence-electron chi connectivity index (χ0n) is 21.2. The second kappa shape index (κ2) is 11.4. The molecule has 0 spiro atoms. The molecule has 3 aromatic carbocycles. The van der Waals surface area contributed by atoms with E-state index in [2.05, 4.69) is 121 Å². The number of allylic oxidation sites excluding steroid dienone is 4. The molecular weight excluding hydrogens is 450 g/mol. The van der Waals surface area contributed by atoms with E-state index in [1.807, 2.05) is 18.2 Å². The zero-order chi connectivity index (χ0) is 25.5. The molecule has 3 heteroatoms. The number of nitrogens with zero attached hydrogens (tertiary/aromatic N) is 3. The highest BCUT2D eigenvalue weighted by Gasteiger charge is 2.10. The van der Waals surface area contributed by atoms with E-state index in [9.17, 15) is 0 Å². The first-order chi connectivity index (χ1) is 18.2. The van der Waals surface area contributed by atoms with Crippen molar-refractivity contribution in [1.82, 2.24) is 15.0 Å². The summed E-state index contributed by atoms with van der Waals surface area (Å²) >= 11 is 0. The molecule has 0 amide bonds. The fourth-order valence-corrected chi connectivity index (χ4v) is 4.25. The molecule has 3 nitrogen and oxygen atoms in total. The van der Waals surface area contributed by atoms with Crippen LogP contribution in [0.3, 0.4) is 0 Å². The number of benzene rings is 3. The Labute approximate surface area is 218 Å². The van der Waals surface area contributed by atoms with Crippen LogP contribution in [0.15, 0.2) is 128 Å². The molecule has 37 heavy (non-hydrogen) atoms. The number of rotatable bonds is 7. The van der Waals surface area contributed by atoms with Gasteiger partial charge in [-0.15, -0.1) is 0 Å². The van der Waals surface area contributed by atoms with Gasteiger partial charge < -0.3 is 0 Å². The Balaban J connectivity index is 1.54. The van der Waals surface area contributed by atoms with Crippen molar-refractivity contribution >= 4 is 11.1 Å². The van der Waals surface area contributed by atoms with Crippen molar-refractivity contribution in [1.29, 1.82) is 0 Å². The van der Waals surface area contributed by atoms with Crippen LogP contribution in [0, 0.1) is 0 Å². The summed E-state index contributed by atoms with van der Waals surface area (Å²) < 4.78 is 0. The molecular formula is C34H29N3. The zero-order valence-corrected chi connectivity index (χ0v) is 21.2. The highest BCUT2D eigenvalue weighted by Crippen LogP contribution is 2.29. The lowest BCUT2D eigenvalue weighted by molar-refractivity contribution is 0.968. The second-order valence-corrected chi connectivity index (χ2v) is 9.10. The van der Waals surface area contributed by atoms with Gasteiger partial charge in [-0.3, -0.25) is 0 Å². The molecule has 5 rings (SSSR count). The first-order valence-electron chi connectivity index (χ1n) is 12.5. The lowest BCUT2D eigenvalue weighted by atomic mass is 9.99. The number of pyridine rings is 1. The van der Waals surface area contributed by atoms with Crippen LogP contribution < -0.4 is 0 Å². The molecule has 0 aliphatic carbocycles. The quantitative estimate of drug-likeness (QED) is 0.220. The number of hydrogen-bond acceptors (Lipinski definition) is 3. The predicted octanol–water partition coefficient (Wildman–Crippen LogP) is 8.30. The van der Waals surface area contributed by atoms with E-state index in [0.717, 1.165) is 39.5 Å². The first-order valence-corrected chi connectivity index (χ1v) is 12.5. The molecule has 0 unspecified atom stereocenters. The smallest absolute Gasteiger partial charge is 0.132 e. The van der Waals surface area contributed by atoms with E-state index < -0.39 is 0 Å². The van der Waals surface area contributed by atoms with Gasteiger partial charge in [0.25, 0.3) is 0 Å². The van der Waals surface area contributed by atoms with E-state index in [0.29, 0.717) is 6.42 Å². The Bertz CT molecular complexity index is 1540. The molecule has 0 bridgehead atoms. The molecule has 0 saturated carbocycles. The summed E-state index contributed by atoms with van der Waals surface area (Å²) in [6, 6.07) is 35.6. The molecule has 2 heterocycles. The van der Waals surface area contributed by atoms with Crippen molar-refractivity contribution in [3.8, 4) is 22.4 Å². The monoisotopic (exact) mass is 479 g/mol. The van der Waals surface area contributed by atoms with Gasteiger partial charge in [0.05, 0.1) is 11.4 Å². The lowest BCUT2D eigenvalue weighted by Crippen LogP contribution is -1.96. The van der Waals surface area contributed by atoms with Crippen LogP contribution in [-0.2, 0) is 6.42 Å². The number of aromatic nitrogens is 3. The van der Waals surface area contributed by atoms with E-state index in [1.54, 1.807) is 12.4 Å². The molecule has 2 aromatic heterocycles. The van der Waals surface area contributed by atoms with E-state index in [1.165, 1.54) is 16.7 Å². The van der Waals surface area contributed by atoms with Crippen molar-refractivity contribution in [2.75, 3.05) is 0 Å². The standard InChI is InChI=1S/C34H29N3/c1-25(28-12-5-3-6-13-28)17-18-26(2)32-23-31(29-14-7-4-8-15-29)24-33(37-32)30-16-9-11-27(21-30)22-34-35-19-10-20-36-34/h3-21,23-24H,22H2,1-2H3/b25-17+,26-18+. The predicted molar refractivity (Wildman–Crippen MR) is 154 cm³/mol. The molecule has 0 saturated heterocycles. The molecule has 0 aliphatic rings. The minimum atomic E-state index is 0.683. The fourth-order valence-electron chi connectivity index (χ4n) is 4.25. The normalized spacial score (nSPS) is 11.9. The SMILES string of the molecule is C/C(=C\C=C(/C)c1cc(-c2ccccc2)cc(-c2cccc(Cc3ncccn3)c2)n1)c1ccccc1. The Morgan fingerprint density at radius 1 is 0.622 bits per heavy atom.